The molecule has 0 fully saturated rings. The molecule has 0 radical (unpaired) electrons. The molecule has 3 N–H and O–H groups in total. The van der Waals surface area contributed by atoms with Gasteiger partial charge in [-0.05, 0) is 19.3 Å². The number of aryl methyl sites for hydroxylation is 2. The van der Waals surface area contributed by atoms with E-state index in [0.717, 1.165) is 35.7 Å². The molecule has 0 aliphatic carbocycles. The predicted molar refractivity (Wildman–Crippen MR) is 74.8 cm³/mol. The van der Waals surface area contributed by atoms with Crippen molar-refractivity contribution in [2.24, 2.45) is 18.2 Å². The van der Waals surface area contributed by atoms with Crippen LogP contribution in [0.5, 0.6) is 0 Å². The zero-order chi connectivity index (χ0) is 13.8. The van der Waals surface area contributed by atoms with Crippen LogP contribution in [0.3, 0.4) is 0 Å². The van der Waals surface area contributed by atoms with E-state index in [0.29, 0.717) is 13.0 Å². The third-order valence-electron chi connectivity index (χ3n) is 3.59. The van der Waals surface area contributed by atoms with E-state index >= 15 is 0 Å². The normalized spacial score (nSPS) is 14.8. The molecule has 0 spiro atoms. The van der Waals surface area contributed by atoms with E-state index in [9.17, 15) is 5.11 Å². The fraction of sp³-hybridized carbons (Fsp3) is 0.769. The molecule has 0 saturated heterocycles. The Kier molecular flexibility index (Phi) is 5.63. The highest BCUT2D eigenvalue weighted by Gasteiger charge is 2.30. The average Bonchev–Trinajstić information content (AvgIpc) is 2.65. The van der Waals surface area contributed by atoms with Crippen LogP contribution in [0.1, 0.15) is 38.1 Å². The number of aliphatic hydroxyl groups excluding tert-OH is 1. The molecule has 1 rings (SSSR count). The van der Waals surface area contributed by atoms with E-state index in [1.54, 1.807) is 0 Å². The minimum atomic E-state index is -0.281. The molecule has 0 aliphatic rings. The van der Waals surface area contributed by atoms with Crippen LogP contribution in [-0.4, -0.2) is 28.0 Å². The summed E-state index contributed by atoms with van der Waals surface area (Å²) in [7, 11) is 1.89. The van der Waals surface area contributed by atoms with Crippen molar-refractivity contribution in [3.05, 3.63) is 16.4 Å². The van der Waals surface area contributed by atoms with Crippen LogP contribution in [-0.2, 0) is 19.9 Å². The van der Waals surface area contributed by atoms with E-state index in [2.05, 4.69) is 12.0 Å². The van der Waals surface area contributed by atoms with Gasteiger partial charge < -0.3 is 10.8 Å². The average molecular weight is 274 g/mol. The molecule has 0 bridgehead atoms. The summed E-state index contributed by atoms with van der Waals surface area (Å²) in [4.78, 5) is 0. The molecule has 1 atom stereocenters. The summed E-state index contributed by atoms with van der Waals surface area (Å²) in [5.74, 6) is 0. The summed E-state index contributed by atoms with van der Waals surface area (Å²) in [6.45, 7) is 4.68. The minimum absolute atomic E-state index is 0.0836. The van der Waals surface area contributed by atoms with Crippen molar-refractivity contribution in [1.29, 1.82) is 0 Å². The topological polar surface area (TPSA) is 64.1 Å². The van der Waals surface area contributed by atoms with Crippen molar-refractivity contribution in [1.82, 2.24) is 9.78 Å². The highest BCUT2D eigenvalue weighted by atomic mass is 35.5. The van der Waals surface area contributed by atoms with Gasteiger partial charge in [-0.3, -0.25) is 4.68 Å². The van der Waals surface area contributed by atoms with Gasteiger partial charge in [-0.25, -0.2) is 0 Å². The van der Waals surface area contributed by atoms with Crippen LogP contribution >= 0.6 is 11.6 Å². The quantitative estimate of drug-likeness (QED) is 0.798. The van der Waals surface area contributed by atoms with Gasteiger partial charge in [0.05, 0.1) is 23.0 Å². The molecule has 0 aliphatic heterocycles. The van der Waals surface area contributed by atoms with Crippen molar-refractivity contribution in [3.63, 3.8) is 0 Å². The van der Waals surface area contributed by atoms with Gasteiger partial charge in [0.15, 0.2) is 0 Å². The lowest BCUT2D eigenvalue weighted by Gasteiger charge is -2.30. The third kappa shape index (κ3) is 3.05. The Labute approximate surface area is 114 Å². The molecule has 1 aromatic heterocycles. The van der Waals surface area contributed by atoms with E-state index in [1.165, 1.54) is 0 Å². The molecule has 0 saturated carbocycles. The fourth-order valence-corrected chi connectivity index (χ4v) is 2.72. The van der Waals surface area contributed by atoms with Gasteiger partial charge in [0, 0.05) is 19.0 Å². The van der Waals surface area contributed by atoms with Gasteiger partial charge in [-0.15, -0.1) is 0 Å². The first-order valence-electron chi connectivity index (χ1n) is 6.54. The van der Waals surface area contributed by atoms with Crippen LogP contribution in [0.15, 0.2) is 0 Å². The Morgan fingerprint density at radius 1 is 1.44 bits per heavy atom. The largest absolute Gasteiger partial charge is 0.396 e. The summed E-state index contributed by atoms with van der Waals surface area (Å²) in [6, 6.07) is 0. The lowest BCUT2D eigenvalue weighted by molar-refractivity contribution is 0.119. The number of hydrogen-bond acceptors (Lipinski definition) is 3. The molecular formula is C13H24ClN3O. The maximum atomic E-state index is 9.66. The van der Waals surface area contributed by atoms with E-state index in [-0.39, 0.29) is 12.0 Å². The fourth-order valence-electron chi connectivity index (χ4n) is 2.36. The van der Waals surface area contributed by atoms with Gasteiger partial charge in [-0.2, -0.15) is 5.10 Å². The lowest BCUT2D eigenvalue weighted by Crippen LogP contribution is -2.37. The number of rotatable bonds is 7. The van der Waals surface area contributed by atoms with E-state index in [4.69, 9.17) is 17.3 Å². The molecule has 0 amide bonds. The second-order valence-electron chi connectivity index (χ2n) is 4.97. The van der Waals surface area contributed by atoms with E-state index < -0.39 is 0 Å². The standard InChI is InChI=1S/C13H24ClN3O/c1-4-6-13(8-15,9-18)7-11-12(14)10(5-2)16-17(11)3/h18H,4-9,15H2,1-3H3. The minimum Gasteiger partial charge on any atom is -0.396 e. The molecule has 0 aromatic carbocycles. The number of aliphatic hydroxyl groups is 1. The molecule has 5 heteroatoms. The van der Waals surface area contributed by atoms with Crippen molar-refractivity contribution < 1.29 is 5.11 Å². The molecule has 4 nitrogen and oxygen atoms in total. The van der Waals surface area contributed by atoms with E-state index in [1.807, 2.05) is 18.7 Å². The number of halogens is 1. The smallest absolute Gasteiger partial charge is 0.0849 e. The van der Waals surface area contributed by atoms with Crippen LogP contribution in [0, 0.1) is 5.41 Å². The first kappa shape index (κ1) is 15.5. The Morgan fingerprint density at radius 2 is 2.11 bits per heavy atom. The molecule has 1 heterocycles. The highest BCUT2D eigenvalue weighted by Crippen LogP contribution is 2.31. The lowest BCUT2D eigenvalue weighted by atomic mass is 9.80. The molecule has 104 valence electrons. The molecule has 1 aromatic rings. The first-order valence-corrected chi connectivity index (χ1v) is 6.92. The van der Waals surface area contributed by atoms with Crippen molar-refractivity contribution >= 4 is 11.6 Å². The summed E-state index contributed by atoms with van der Waals surface area (Å²) in [5, 5.41) is 14.8. The van der Waals surface area contributed by atoms with Gasteiger partial charge in [0.25, 0.3) is 0 Å². The summed E-state index contributed by atoms with van der Waals surface area (Å²) < 4.78 is 1.82. The number of hydrogen-bond donors (Lipinski definition) is 2. The Balaban J connectivity index is 3.04. The predicted octanol–water partition coefficient (Wildman–Crippen LogP) is 1.92. The molecular weight excluding hydrogens is 250 g/mol. The van der Waals surface area contributed by atoms with Gasteiger partial charge in [-0.1, -0.05) is 31.9 Å². The summed E-state index contributed by atoms with van der Waals surface area (Å²) in [5.41, 5.74) is 7.46. The zero-order valence-electron chi connectivity index (χ0n) is 11.5. The Hall–Kier alpha value is -0.580. The van der Waals surface area contributed by atoms with Crippen LogP contribution in [0.4, 0.5) is 0 Å². The van der Waals surface area contributed by atoms with Crippen molar-refractivity contribution in [2.75, 3.05) is 13.2 Å². The first-order chi connectivity index (χ1) is 8.53. The van der Waals surface area contributed by atoms with Crippen molar-refractivity contribution in [3.8, 4) is 0 Å². The number of aromatic nitrogens is 2. The molecule has 1 unspecified atom stereocenters. The third-order valence-corrected chi connectivity index (χ3v) is 4.03. The summed E-state index contributed by atoms with van der Waals surface area (Å²) in [6.07, 6.45) is 3.38. The van der Waals surface area contributed by atoms with Crippen LogP contribution in [0.2, 0.25) is 5.02 Å². The maximum absolute atomic E-state index is 9.66. The Bertz CT molecular complexity index is 386. The second-order valence-corrected chi connectivity index (χ2v) is 5.35. The van der Waals surface area contributed by atoms with Gasteiger partial charge in [0.1, 0.15) is 0 Å². The number of nitrogens with zero attached hydrogens (tertiary/aromatic N) is 2. The van der Waals surface area contributed by atoms with Crippen LogP contribution in [0.25, 0.3) is 0 Å². The van der Waals surface area contributed by atoms with Gasteiger partial charge >= 0.3 is 0 Å². The zero-order valence-corrected chi connectivity index (χ0v) is 12.3. The summed E-state index contributed by atoms with van der Waals surface area (Å²) >= 11 is 6.34. The van der Waals surface area contributed by atoms with Crippen LogP contribution < -0.4 is 5.73 Å². The van der Waals surface area contributed by atoms with Crippen molar-refractivity contribution in [2.45, 2.75) is 39.5 Å². The maximum Gasteiger partial charge on any atom is 0.0849 e. The number of nitrogens with two attached hydrogens (primary N) is 1. The molecule has 18 heavy (non-hydrogen) atoms. The highest BCUT2D eigenvalue weighted by molar-refractivity contribution is 6.31. The second kappa shape index (κ2) is 6.55. The monoisotopic (exact) mass is 273 g/mol. The Morgan fingerprint density at radius 3 is 2.50 bits per heavy atom. The SMILES string of the molecule is CCCC(CN)(CO)Cc1c(Cl)c(CC)nn1C. The van der Waals surface area contributed by atoms with Gasteiger partial charge in [0.2, 0.25) is 0 Å².